The van der Waals surface area contributed by atoms with Gasteiger partial charge in [0.2, 0.25) is 0 Å². The summed E-state index contributed by atoms with van der Waals surface area (Å²) < 4.78 is 29.4. The first-order valence-electron chi connectivity index (χ1n) is 7.82. The fourth-order valence-corrected chi connectivity index (χ4v) is 5.35. The van der Waals surface area contributed by atoms with E-state index in [4.69, 9.17) is 0 Å². The average molecular weight is 326 g/mol. The van der Waals surface area contributed by atoms with E-state index in [0.717, 1.165) is 12.8 Å². The van der Waals surface area contributed by atoms with Crippen LogP contribution in [0.2, 0.25) is 0 Å². The third-order valence-electron chi connectivity index (χ3n) is 4.54. The minimum Gasteiger partial charge on any atom is -0.435 e. The lowest BCUT2D eigenvalue weighted by Gasteiger charge is -2.38. The first kappa shape index (κ1) is 15.8. The third-order valence-corrected chi connectivity index (χ3v) is 6.17. The van der Waals surface area contributed by atoms with Gasteiger partial charge in [0, 0.05) is 28.4 Å². The molecule has 2 saturated heterocycles. The molecule has 120 valence electrons. The second-order valence-corrected chi connectivity index (χ2v) is 7.71. The number of benzene rings is 1. The van der Waals surface area contributed by atoms with E-state index in [1.54, 1.807) is 18.2 Å². The maximum atomic E-state index is 12.6. The van der Waals surface area contributed by atoms with Crippen molar-refractivity contribution in [2.24, 2.45) is 5.92 Å². The molecule has 2 unspecified atom stereocenters. The number of thioether (sulfide) groups is 1. The lowest BCUT2D eigenvalue weighted by atomic mass is 9.84. The smallest absolute Gasteiger partial charge is 0.387 e. The van der Waals surface area contributed by atoms with Gasteiger partial charge in [0.1, 0.15) is 11.5 Å². The molecule has 0 aliphatic carbocycles. The summed E-state index contributed by atoms with van der Waals surface area (Å²) in [5.74, 6) is 0.370. The van der Waals surface area contributed by atoms with Crippen LogP contribution in [-0.2, 0) is 11.2 Å². The van der Waals surface area contributed by atoms with E-state index in [9.17, 15) is 13.6 Å². The Morgan fingerprint density at radius 3 is 2.59 bits per heavy atom. The molecule has 2 aliphatic rings. The molecule has 2 aliphatic heterocycles. The zero-order valence-corrected chi connectivity index (χ0v) is 13.2. The zero-order chi connectivity index (χ0) is 15.5. The van der Waals surface area contributed by atoms with Gasteiger partial charge in [-0.05, 0) is 31.7 Å². The molecule has 2 atom stereocenters. The Labute approximate surface area is 133 Å². The van der Waals surface area contributed by atoms with Crippen molar-refractivity contribution < 1.29 is 18.3 Å². The van der Waals surface area contributed by atoms with E-state index < -0.39 is 6.61 Å². The van der Waals surface area contributed by atoms with E-state index in [0.29, 0.717) is 16.1 Å². The number of hydrogen-bond acceptors (Lipinski definition) is 3. The number of ether oxygens (including phenoxy) is 1. The van der Waals surface area contributed by atoms with E-state index in [1.165, 1.54) is 25.3 Å². The van der Waals surface area contributed by atoms with Crippen LogP contribution < -0.4 is 4.74 Å². The van der Waals surface area contributed by atoms with Crippen LogP contribution in [0.15, 0.2) is 24.3 Å². The predicted molar refractivity (Wildman–Crippen MR) is 83.5 cm³/mol. The molecule has 2 nitrogen and oxygen atoms in total. The van der Waals surface area contributed by atoms with Gasteiger partial charge in [-0.3, -0.25) is 4.79 Å². The number of para-hydroxylation sites is 1. The van der Waals surface area contributed by atoms with Crippen molar-refractivity contribution in [2.45, 2.75) is 55.6 Å². The summed E-state index contributed by atoms with van der Waals surface area (Å²) in [7, 11) is 0. The number of fused-ring (bicyclic) bond motifs is 2. The van der Waals surface area contributed by atoms with Gasteiger partial charge in [-0.1, -0.05) is 24.6 Å². The molecular weight excluding hydrogens is 306 g/mol. The Morgan fingerprint density at radius 1 is 1.23 bits per heavy atom. The summed E-state index contributed by atoms with van der Waals surface area (Å²) >= 11 is 2.04. The van der Waals surface area contributed by atoms with Gasteiger partial charge < -0.3 is 4.74 Å². The number of Topliss-reactive ketones (excluding diaryl/α,β-unsaturated/α-hetero) is 1. The quantitative estimate of drug-likeness (QED) is 0.799. The maximum Gasteiger partial charge on any atom is 0.387 e. The molecule has 0 amide bonds. The summed E-state index contributed by atoms with van der Waals surface area (Å²) in [6, 6.07) is 6.61. The number of rotatable bonds is 5. The Morgan fingerprint density at radius 2 is 1.91 bits per heavy atom. The minimum absolute atomic E-state index is 0.0798. The topological polar surface area (TPSA) is 26.3 Å². The highest BCUT2D eigenvalue weighted by atomic mass is 32.2. The van der Waals surface area contributed by atoms with Crippen LogP contribution in [0.1, 0.15) is 37.7 Å². The molecule has 0 spiro atoms. The standard InChI is InChI=1S/C17H20F2O2S/c18-17(19)21-16-7-2-1-4-11(16)10-15(20)12-8-13-5-3-6-14(9-12)22-13/h1-2,4,7,12-14,17H,3,5-6,8-10H2. The van der Waals surface area contributed by atoms with E-state index in [2.05, 4.69) is 4.74 Å². The number of alkyl halides is 2. The number of ketones is 1. The zero-order valence-electron chi connectivity index (χ0n) is 12.3. The van der Waals surface area contributed by atoms with Crippen molar-refractivity contribution in [1.82, 2.24) is 0 Å². The van der Waals surface area contributed by atoms with E-state index >= 15 is 0 Å². The van der Waals surface area contributed by atoms with Gasteiger partial charge in [0.05, 0.1) is 0 Å². The molecule has 3 rings (SSSR count). The Kier molecular flexibility index (Phi) is 5.01. The van der Waals surface area contributed by atoms with Crippen LogP contribution in [0.5, 0.6) is 5.75 Å². The van der Waals surface area contributed by atoms with Crippen LogP contribution in [0.4, 0.5) is 8.78 Å². The number of carbonyl (C=O) groups is 1. The largest absolute Gasteiger partial charge is 0.435 e. The lowest BCUT2D eigenvalue weighted by Crippen LogP contribution is -2.33. The molecule has 5 heteroatoms. The van der Waals surface area contributed by atoms with Crippen molar-refractivity contribution in [2.75, 3.05) is 0 Å². The molecular formula is C17H20F2O2S. The van der Waals surface area contributed by atoms with Crippen molar-refractivity contribution in [3.63, 3.8) is 0 Å². The van der Waals surface area contributed by atoms with E-state index in [1.807, 2.05) is 11.8 Å². The fraction of sp³-hybridized carbons (Fsp3) is 0.588. The highest BCUT2D eigenvalue weighted by Crippen LogP contribution is 2.44. The second-order valence-electron chi connectivity index (χ2n) is 6.11. The molecule has 0 radical (unpaired) electrons. The minimum atomic E-state index is -2.86. The number of carbonyl (C=O) groups excluding carboxylic acids is 1. The van der Waals surface area contributed by atoms with Gasteiger partial charge in [-0.2, -0.15) is 20.5 Å². The predicted octanol–water partition coefficient (Wildman–Crippen LogP) is 4.46. The first-order valence-corrected chi connectivity index (χ1v) is 8.77. The van der Waals surface area contributed by atoms with Gasteiger partial charge >= 0.3 is 6.61 Å². The summed E-state index contributed by atoms with van der Waals surface area (Å²) in [5, 5.41) is 1.21. The van der Waals surface area contributed by atoms with Gasteiger partial charge in [0.15, 0.2) is 0 Å². The fourth-order valence-electron chi connectivity index (χ4n) is 3.51. The van der Waals surface area contributed by atoms with Crippen LogP contribution in [0, 0.1) is 5.92 Å². The average Bonchev–Trinajstić information content (AvgIpc) is 2.48. The molecule has 2 heterocycles. The molecule has 0 N–H and O–H groups in total. The van der Waals surface area contributed by atoms with Gasteiger partial charge in [0.25, 0.3) is 0 Å². The monoisotopic (exact) mass is 326 g/mol. The van der Waals surface area contributed by atoms with Crippen LogP contribution in [0.25, 0.3) is 0 Å². The number of hydrogen-bond donors (Lipinski definition) is 0. The summed E-state index contributed by atoms with van der Waals surface area (Å²) in [6.45, 7) is -2.86. The molecule has 2 fully saturated rings. The summed E-state index contributed by atoms with van der Waals surface area (Å²) in [5.41, 5.74) is 0.566. The Bertz CT molecular complexity index is 523. The molecule has 1 aromatic rings. The summed E-state index contributed by atoms with van der Waals surface area (Å²) in [6.07, 6.45) is 5.76. The maximum absolute atomic E-state index is 12.6. The summed E-state index contributed by atoms with van der Waals surface area (Å²) in [4.78, 5) is 12.6. The SMILES string of the molecule is O=C(Cc1ccccc1OC(F)F)C1CC2CCCC(C1)S2. The molecule has 2 bridgehead atoms. The van der Waals surface area contributed by atoms with Crippen molar-refractivity contribution in [1.29, 1.82) is 0 Å². The molecule has 0 aromatic heterocycles. The Hall–Kier alpha value is -1.10. The Balaban J connectivity index is 1.66. The normalized spacial score (nSPS) is 27.7. The van der Waals surface area contributed by atoms with Crippen molar-refractivity contribution in [3.05, 3.63) is 29.8 Å². The third kappa shape index (κ3) is 3.80. The second kappa shape index (κ2) is 6.99. The highest BCUT2D eigenvalue weighted by molar-refractivity contribution is 8.00. The molecule has 22 heavy (non-hydrogen) atoms. The number of halogens is 2. The molecule has 0 saturated carbocycles. The van der Waals surface area contributed by atoms with Crippen molar-refractivity contribution >= 4 is 17.5 Å². The molecule has 1 aromatic carbocycles. The van der Waals surface area contributed by atoms with Crippen LogP contribution in [0.3, 0.4) is 0 Å². The lowest BCUT2D eigenvalue weighted by molar-refractivity contribution is -0.123. The van der Waals surface area contributed by atoms with Gasteiger partial charge in [-0.15, -0.1) is 0 Å². The van der Waals surface area contributed by atoms with Crippen LogP contribution in [-0.4, -0.2) is 22.9 Å². The first-order chi connectivity index (χ1) is 10.6. The highest BCUT2D eigenvalue weighted by Gasteiger charge is 2.35. The van der Waals surface area contributed by atoms with Crippen LogP contribution >= 0.6 is 11.8 Å². The van der Waals surface area contributed by atoms with Crippen molar-refractivity contribution in [3.8, 4) is 5.75 Å². The van der Waals surface area contributed by atoms with Gasteiger partial charge in [-0.25, -0.2) is 0 Å². The van der Waals surface area contributed by atoms with E-state index in [-0.39, 0.29) is 23.9 Å².